The van der Waals surface area contributed by atoms with Gasteiger partial charge >= 0.3 is 6.18 Å². The lowest BCUT2D eigenvalue weighted by molar-refractivity contribution is -0.156. The van der Waals surface area contributed by atoms with Gasteiger partial charge < -0.3 is 10.6 Å². The summed E-state index contributed by atoms with van der Waals surface area (Å²) in [4.78, 5) is 11.1. The lowest BCUT2D eigenvalue weighted by Crippen LogP contribution is -2.48. The van der Waals surface area contributed by atoms with Crippen molar-refractivity contribution in [1.29, 1.82) is 0 Å². The lowest BCUT2D eigenvalue weighted by Gasteiger charge is -2.27. The molecule has 1 heterocycles. The molecule has 0 spiro atoms. The van der Waals surface area contributed by atoms with E-state index in [4.69, 9.17) is 0 Å². The van der Waals surface area contributed by atoms with Crippen LogP contribution in [0.2, 0.25) is 0 Å². The van der Waals surface area contributed by atoms with Crippen LogP contribution in [0.5, 0.6) is 0 Å². The number of amides is 1. The van der Waals surface area contributed by atoms with E-state index in [0.29, 0.717) is 5.69 Å². The molecule has 1 aromatic carbocycles. The number of alkyl halides is 3. The summed E-state index contributed by atoms with van der Waals surface area (Å²) in [6, 6.07) is 4.07. The highest BCUT2D eigenvalue weighted by atomic mass is 19.4. The van der Waals surface area contributed by atoms with Gasteiger partial charge in [0.1, 0.15) is 0 Å². The van der Waals surface area contributed by atoms with Crippen molar-refractivity contribution in [2.75, 3.05) is 10.6 Å². The van der Waals surface area contributed by atoms with Gasteiger partial charge in [-0.3, -0.25) is 4.79 Å². The molecule has 3 nitrogen and oxygen atoms in total. The fourth-order valence-corrected chi connectivity index (χ4v) is 1.37. The van der Waals surface area contributed by atoms with Gasteiger partial charge in [0, 0.05) is 0 Å². The minimum atomic E-state index is -4.59. The fraction of sp³-hybridized carbons (Fsp3) is 0.222. The van der Waals surface area contributed by atoms with E-state index in [2.05, 4.69) is 10.6 Å². The van der Waals surface area contributed by atoms with Gasteiger partial charge in [-0.05, 0) is 12.1 Å². The summed E-state index contributed by atoms with van der Waals surface area (Å²) < 4.78 is 37.1. The summed E-state index contributed by atoms with van der Waals surface area (Å²) in [5.41, 5.74) is 0.641. The monoisotopic (exact) mass is 216 g/mol. The molecule has 1 amide bonds. The molecule has 0 radical (unpaired) electrons. The molecule has 0 saturated heterocycles. The predicted octanol–water partition coefficient (Wildman–Crippen LogP) is 1.98. The molecule has 2 N–H and O–H groups in total. The number of hydrogen-bond acceptors (Lipinski definition) is 2. The largest absolute Gasteiger partial charge is 0.417 e. The summed E-state index contributed by atoms with van der Waals surface area (Å²) in [5.74, 6) is -1.08. The maximum absolute atomic E-state index is 12.4. The number of carbonyl (C=O) groups excluding carboxylic acids is 1. The Morgan fingerprint density at radius 2 is 1.73 bits per heavy atom. The van der Waals surface area contributed by atoms with Crippen molar-refractivity contribution < 1.29 is 18.0 Å². The zero-order valence-corrected chi connectivity index (χ0v) is 7.43. The number of anilines is 2. The zero-order chi connectivity index (χ0) is 11.1. The summed E-state index contributed by atoms with van der Waals surface area (Å²) in [6.45, 7) is 0. The molecule has 1 aliphatic heterocycles. The highest BCUT2D eigenvalue weighted by Gasteiger charge is 2.47. The summed E-state index contributed by atoms with van der Waals surface area (Å²) in [7, 11) is 0. The average Bonchev–Trinajstić information content (AvgIpc) is 2.15. The quantitative estimate of drug-likeness (QED) is 0.696. The Hall–Kier alpha value is -1.72. The Bertz CT molecular complexity index is 403. The molecular weight excluding hydrogens is 209 g/mol. The van der Waals surface area contributed by atoms with Gasteiger partial charge in [0.15, 0.2) is 0 Å². The molecule has 0 saturated carbocycles. The van der Waals surface area contributed by atoms with Crippen LogP contribution in [-0.2, 0) is 4.79 Å². The Morgan fingerprint density at radius 3 is 2.33 bits per heavy atom. The van der Waals surface area contributed by atoms with Crippen LogP contribution < -0.4 is 10.6 Å². The van der Waals surface area contributed by atoms with E-state index in [1.54, 1.807) is 12.1 Å². The lowest BCUT2D eigenvalue weighted by atomic mass is 10.1. The van der Waals surface area contributed by atoms with Crippen molar-refractivity contribution >= 4 is 17.3 Å². The van der Waals surface area contributed by atoms with Crippen molar-refractivity contribution in [3.63, 3.8) is 0 Å². The SMILES string of the molecule is O=C1Nc2ccccc2N[C@H]1C(F)(F)F. The van der Waals surface area contributed by atoms with E-state index in [0.717, 1.165) is 0 Å². The smallest absolute Gasteiger partial charge is 0.365 e. The molecule has 6 heteroatoms. The number of carbonyl (C=O) groups is 1. The minimum absolute atomic E-state index is 0.277. The Kier molecular flexibility index (Phi) is 2.06. The molecule has 1 atom stereocenters. The number of para-hydroxylation sites is 2. The third-order valence-corrected chi connectivity index (χ3v) is 2.07. The van der Waals surface area contributed by atoms with Crippen LogP contribution >= 0.6 is 0 Å². The molecule has 1 aromatic rings. The normalized spacial score (nSPS) is 20.2. The maximum Gasteiger partial charge on any atom is 0.417 e. The zero-order valence-electron chi connectivity index (χ0n) is 7.43. The topological polar surface area (TPSA) is 41.1 Å². The first-order valence-electron chi connectivity index (χ1n) is 4.21. The number of benzene rings is 1. The number of fused-ring (bicyclic) bond motifs is 1. The second kappa shape index (κ2) is 3.15. The van der Waals surface area contributed by atoms with Gasteiger partial charge in [-0.15, -0.1) is 0 Å². The molecule has 0 aromatic heterocycles. The number of rotatable bonds is 0. The van der Waals surface area contributed by atoms with E-state index >= 15 is 0 Å². The van der Waals surface area contributed by atoms with Crippen LogP contribution in [0.3, 0.4) is 0 Å². The van der Waals surface area contributed by atoms with Crippen LogP contribution in [0, 0.1) is 0 Å². The molecule has 80 valence electrons. The van der Waals surface area contributed by atoms with Crippen molar-refractivity contribution in [3.05, 3.63) is 24.3 Å². The molecule has 1 aliphatic rings. The van der Waals surface area contributed by atoms with E-state index in [1.807, 2.05) is 0 Å². The van der Waals surface area contributed by atoms with Crippen LogP contribution in [0.15, 0.2) is 24.3 Å². The van der Waals surface area contributed by atoms with Crippen LogP contribution in [0.1, 0.15) is 0 Å². The summed E-state index contributed by atoms with van der Waals surface area (Å²) >= 11 is 0. The molecule has 2 rings (SSSR count). The van der Waals surface area contributed by atoms with Gasteiger partial charge in [0.05, 0.1) is 11.4 Å². The summed E-state index contributed by atoms with van der Waals surface area (Å²) in [5, 5.41) is 4.34. The van der Waals surface area contributed by atoms with Gasteiger partial charge in [0.25, 0.3) is 5.91 Å². The molecular formula is C9H7F3N2O. The van der Waals surface area contributed by atoms with E-state index in [-0.39, 0.29) is 5.69 Å². The molecule has 0 unspecified atom stereocenters. The third-order valence-electron chi connectivity index (χ3n) is 2.07. The van der Waals surface area contributed by atoms with Crippen molar-refractivity contribution in [1.82, 2.24) is 0 Å². The standard InChI is InChI=1S/C9H7F3N2O/c10-9(11,12)7-8(15)14-6-4-2-1-3-5(6)13-7/h1-4,7,13H,(H,14,15)/t7-/m1/s1. The highest BCUT2D eigenvalue weighted by molar-refractivity contribution is 6.03. The van der Waals surface area contributed by atoms with Crippen LogP contribution in [-0.4, -0.2) is 18.1 Å². The first-order valence-corrected chi connectivity index (χ1v) is 4.21. The second-order valence-corrected chi connectivity index (χ2v) is 3.15. The number of halogens is 3. The fourth-order valence-electron chi connectivity index (χ4n) is 1.37. The highest BCUT2D eigenvalue weighted by Crippen LogP contribution is 2.32. The predicted molar refractivity (Wildman–Crippen MR) is 48.5 cm³/mol. The molecule has 0 aliphatic carbocycles. The van der Waals surface area contributed by atoms with Crippen LogP contribution in [0.4, 0.5) is 24.5 Å². The van der Waals surface area contributed by atoms with E-state index in [9.17, 15) is 18.0 Å². The molecule has 15 heavy (non-hydrogen) atoms. The van der Waals surface area contributed by atoms with Gasteiger partial charge in [-0.1, -0.05) is 12.1 Å². The Morgan fingerprint density at radius 1 is 1.13 bits per heavy atom. The third kappa shape index (κ3) is 1.74. The maximum atomic E-state index is 12.4. The van der Waals surface area contributed by atoms with E-state index in [1.165, 1.54) is 12.1 Å². The molecule has 0 bridgehead atoms. The second-order valence-electron chi connectivity index (χ2n) is 3.15. The summed E-state index contributed by atoms with van der Waals surface area (Å²) in [6.07, 6.45) is -4.59. The van der Waals surface area contributed by atoms with Gasteiger partial charge in [-0.25, -0.2) is 0 Å². The van der Waals surface area contributed by atoms with Crippen molar-refractivity contribution in [3.8, 4) is 0 Å². The minimum Gasteiger partial charge on any atom is -0.365 e. The number of nitrogens with one attached hydrogen (secondary N) is 2. The van der Waals surface area contributed by atoms with Gasteiger partial charge in [-0.2, -0.15) is 13.2 Å². The van der Waals surface area contributed by atoms with E-state index < -0.39 is 18.1 Å². The number of hydrogen-bond donors (Lipinski definition) is 2. The van der Waals surface area contributed by atoms with Gasteiger partial charge in [0.2, 0.25) is 6.04 Å². The Labute approximate surface area is 83.3 Å². The average molecular weight is 216 g/mol. The Balaban J connectivity index is 2.34. The van der Waals surface area contributed by atoms with Crippen molar-refractivity contribution in [2.45, 2.75) is 12.2 Å². The van der Waals surface area contributed by atoms with Crippen LogP contribution in [0.25, 0.3) is 0 Å². The molecule has 0 fully saturated rings. The first kappa shape index (κ1) is 9.82. The van der Waals surface area contributed by atoms with Crippen molar-refractivity contribution in [2.24, 2.45) is 0 Å². The first-order chi connectivity index (χ1) is 6.98.